The zero-order valence-corrected chi connectivity index (χ0v) is 14.0. The van der Waals surface area contributed by atoms with Crippen LogP contribution in [0.15, 0.2) is 30.3 Å². The molecule has 0 unspecified atom stereocenters. The lowest BCUT2D eigenvalue weighted by Crippen LogP contribution is -2.22. The SMILES string of the molecule is Cc1cccc(NC(=O)COC(=O)c2nc(Cl)ccc2Cl)c1C. The summed E-state index contributed by atoms with van der Waals surface area (Å²) in [6, 6.07) is 8.44. The Bertz CT molecular complexity index is 763. The van der Waals surface area contributed by atoms with Crippen LogP contribution in [0.5, 0.6) is 0 Å². The monoisotopic (exact) mass is 352 g/mol. The van der Waals surface area contributed by atoms with E-state index in [9.17, 15) is 9.59 Å². The number of nitrogens with zero attached hydrogens (tertiary/aromatic N) is 1. The van der Waals surface area contributed by atoms with E-state index in [1.165, 1.54) is 12.1 Å². The van der Waals surface area contributed by atoms with E-state index in [2.05, 4.69) is 10.3 Å². The summed E-state index contributed by atoms with van der Waals surface area (Å²) in [5.74, 6) is -1.26. The molecule has 0 fully saturated rings. The van der Waals surface area contributed by atoms with Crippen LogP contribution in [0.2, 0.25) is 10.2 Å². The van der Waals surface area contributed by atoms with Gasteiger partial charge in [-0.3, -0.25) is 4.79 Å². The second-order valence-electron chi connectivity index (χ2n) is 4.84. The number of esters is 1. The van der Waals surface area contributed by atoms with Gasteiger partial charge in [-0.15, -0.1) is 0 Å². The van der Waals surface area contributed by atoms with Gasteiger partial charge < -0.3 is 10.1 Å². The Labute approximate surface area is 143 Å². The Morgan fingerprint density at radius 3 is 2.65 bits per heavy atom. The molecule has 1 amide bonds. The Morgan fingerprint density at radius 1 is 1.17 bits per heavy atom. The van der Waals surface area contributed by atoms with Gasteiger partial charge in [-0.2, -0.15) is 0 Å². The number of hydrogen-bond acceptors (Lipinski definition) is 4. The summed E-state index contributed by atoms with van der Waals surface area (Å²) in [5.41, 5.74) is 2.55. The summed E-state index contributed by atoms with van der Waals surface area (Å²) < 4.78 is 4.91. The van der Waals surface area contributed by atoms with Gasteiger partial charge in [0.05, 0.1) is 5.02 Å². The number of carbonyl (C=O) groups is 2. The van der Waals surface area contributed by atoms with Crippen LogP contribution in [0.1, 0.15) is 21.6 Å². The molecule has 0 spiro atoms. The van der Waals surface area contributed by atoms with E-state index in [0.29, 0.717) is 5.69 Å². The lowest BCUT2D eigenvalue weighted by molar-refractivity contribution is -0.119. The first kappa shape index (κ1) is 17.2. The lowest BCUT2D eigenvalue weighted by Gasteiger charge is -2.10. The first-order valence-corrected chi connectivity index (χ1v) is 7.49. The second-order valence-corrected chi connectivity index (χ2v) is 5.63. The fraction of sp³-hybridized carbons (Fsp3) is 0.188. The molecule has 23 heavy (non-hydrogen) atoms. The molecule has 2 aromatic rings. The molecule has 1 aromatic heterocycles. The summed E-state index contributed by atoms with van der Waals surface area (Å²) in [6.07, 6.45) is 0. The first-order chi connectivity index (χ1) is 10.9. The van der Waals surface area contributed by atoms with Crippen molar-refractivity contribution in [3.63, 3.8) is 0 Å². The third-order valence-electron chi connectivity index (χ3n) is 3.22. The molecule has 7 heteroatoms. The van der Waals surface area contributed by atoms with Crippen LogP contribution >= 0.6 is 23.2 Å². The fourth-order valence-electron chi connectivity index (χ4n) is 1.83. The lowest BCUT2D eigenvalue weighted by atomic mass is 10.1. The molecule has 0 aliphatic rings. The average molecular weight is 353 g/mol. The number of anilines is 1. The van der Waals surface area contributed by atoms with E-state index in [4.69, 9.17) is 27.9 Å². The van der Waals surface area contributed by atoms with Gasteiger partial charge in [0, 0.05) is 5.69 Å². The Morgan fingerprint density at radius 2 is 1.91 bits per heavy atom. The number of rotatable bonds is 4. The van der Waals surface area contributed by atoms with Crippen LogP contribution in [0.4, 0.5) is 5.69 Å². The minimum atomic E-state index is -0.811. The number of aromatic nitrogens is 1. The van der Waals surface area contributed by atoms with Crippen LogP contribution in [0, 0.1) is 13.8 Å². The van der Waals surface area contributed by atoms with E-state index >= 15 is 0 Å². The largest absolute Gasteiger partial charge is 0.451 e. The maximum Gasteiger partial charge on any atom is 0.359 e. The number of carbonyl (C=O) groups excluding carboxylic acids is 2. The highest BCUT2D eigenvalue weighted by atomic mass is 35.5. The summed E-state index contributed by atoms with van der Waals surface area (Å²) in [7, 11) is 0. The highest BCUT2D eigenvalue weighted by molar-refractivity contribution is 6.34. The Kier molecular flexibility index (Phi) is 5.58. The molecule has 120 valence electrons. The zero-order valence-electron chi connectivity index (χ0n) is 12.5. The topological polar surface area (TPSA) is 68.3 Å². The number of hydrogen-bond donors (Lipinski definition) is 1. The number of ether oxygens (including phenoxy) is 1. The normalized spacial score (nSPS) is 10.3. The Hall–Kier alpha value is -2.11. The second kappa shape index (κ2) is 7.44. The van der Waals surface area contributed by atoms with E-state index in [0.717, 1.165) is 11.1 Å². The molecule has 0 aliphatic heterocycles. The van der Waals surface area contributed by atoms with E-state index in [-0.39, 0.29) is 15.9 Å². The van der Waals surface area contributed by atoms with E-state index in [1.54, 1.807) is 6.07 Å². The van der Waals surface area contributed by atoms with Gasteiger partial charge in [0.15, 0.2) is 12.3 Å². The molecule has 0 radical (unpaired) electrons. The molecular weight excluding hydrogens is 339 g/mol. The van der Waals surface area contributed by atoms with Crippen LogP contribution < -0.4 is 5.32 Å². The van der Waals surface area contributed by atoms with Gasteiger partial charge in [0.2, 0.25) is 0 Å². The highest BCUT2D eigenvalue weighted by Crippen LogP contribution is 2.19. The van der Waals surface area contributed by atoms with Crippen molar-refractivity contribution in [1.82, 2.24) is 4.98 Å². The number of benzene rings is 1. The van der Waals surface area contributed by atoms with Crippen molar-refractivity contribution in [3.05, 3.63) is 57.3 Å². The van der Waals surface area contributed by atoms with Crippen molar-refractivity contribution in [2.45, 2.75) is 13.8 Å². The first-order valence-electron chi connectivity index (χ1n) is 6.73. The smallest absolute Gasteiger partial charge is 0.359 e. The predicted octanol–water partition coefficient (Wildman–Crippen LogP) is 3.80. The molecule has 5 nitrogen and oxygen atoms in total. The van der Waals surface area contributed by atoms with Crippen molar-refractivity contribution in [2.24, 2.45) is 0 Å². The van der Waals surface area contributed by atoms with Gasteiger partial charge in [0.1, 0.15) is 5.15 Å². The van der Waals surface area contributed by atoms with Gasteiger partial charge in [-0.05, 0) is 43.2 Å². The van der Waals surface area contributed by atoms with Crippen LogP contribution in [-0.4, -0.2) is 23.5 Å². The van der Waals surface area contributed by atoms with Gasteiger partial charge in [-0.25, -0.2) is 9.78 Å². The summed E-state index contributed by atoms with van der Waals surface area (Å²) in [5, 5.41) is 2.91. The molecular formula is C16H14Cl2N2O3. The molecule has 1 heterocycles. The minimum absolute atomic E-state index is 0.106. The predicted molar refractivity (Wildman–Crippen MR) is 89.1 cm³/mol. The molecule has 1 N–H and O–H groups in total. The highest BCUT2D eigenvalue weighted by Gasteiger charge is 2.16. The maximum absolute atomic E-state index is 11.9. The summed E-state index contributed by atoms with van der Waals surface area (Å²) in [4.78, 5) is 27.6. The number of pyridine rings is 1. The Balaban J connectivity index is 1.98. The van der Waals surface area contributed by atoms with E-state index in [1.807, 2.05) is 26.0 Å². The standard InChI is InChI=1S/C16H14Cl2N2O3/c1-9-4-3-5-12(10(9)2)19-14(21)8-23-16(22)15-11(17)6-7-13(18)20-15/h3-7H,8H2,1-2H3,(H,19,21). The van der Waals surface area contributed by atoms with E-state index < -0.39 is 18.5 Å². The molecule has 0 aliphatic carbocycles. The molecule has 0 bridgehead atoms. The van der Waals surface area contributed by atoms with Crippen LogP contribution in [0.25, 0.3) is 0 Å². The number of halogens is 2. The summed E-state index contributed by atoms with van der Waals surface area (Å²) >= 11 is 11.6. The number of amides is 1. The van der Waals surface area contributed by atoms with Crippen molar-refractivity contribution < 1.29 is 14.3 Å². The molecule has 0 saturated carbocycles. The minimum Gasteiger partial charge on any atom is -0.451 e. The fourth-order valence-corrected chi connectivity index (χ4v) is 2.16. The van der Waals surface area contributed by atoms with Crippen molar-refractivity contribution in [2.75, 3.05) is 11.9 Å². The number of aryl methyl sites for hydroxylation is 1. The quantitative estimate of drug-likeness (QED) is 0.671. The third kappa shape index (κ3) is 4.43. The maximum atomic E-state index is 11.9. The molecule has 0 atom stereocenters. The van der Waals surface area contributed by atoms with Gasteiger partial charge in [0.25, 0.3) is 5.91 Å². The van der Waals surface area contributed by atoms with Crippen LogP contribution in [0.3, 0.4) is 0 Å². The number of nitrogens with one attached hydrogen (secondary N) is 1. The van der Waals surface area contributed by atoms with Crippen LogP contribution in [-0.2, 0) is 9.53 Å². The average Bonchev–Trinajstić information content (AvgIpc) is 2.52. The van der Waals surface area contributed by atoms with Gasteiger partial charge in [-0.1, -0.05) is 35.3 Å². The van der Waals surface area contributed by atoms with Crippen molar-refractivity contribution >= 4 is 40.8 Å². The molecule has 2 rings (SSSR count). The summed E-state index contributed by atoms with van der Waals surface area (Å²) in [6.45, 7) is 3.39. The van der Waals surface area contributed by atoms with Crippen molar-refractivity contribution in [1.29, 1.82) is 0 Å². The molecule has 1 aromatic carbocycles. The van der Waals surface area contributed by atoms with Crippen molar-refractivity contribution in [3.8, 4) is 0 Å². The van der Waals surface area contributed by atoms with Gasteiger partial charge >= 0.3 is 5.97 Å². The zero-order chi connectivity index (χ0) is 17.0. The molecule has 0 saturated heterocycles. The third-order valence-corrected chi connectivity index (χ3v) is 3.73.